The number of aliphatic hydroxyl groups excluding tert-OH is 1. The maximum absolute atomic E-state index is 15.0. The molecule has 2 aromatic rings. The molecule has 2 aromatic carbocycles. The van der Waals surface area contributed by atoms with Crippen molar-refractivity contribution < 1.29 is 41.4 Å². The highest BCUT2D eigenvalue weighted by Gasteiger charge is 2.30. The number of carbonyl (C=O) groups excluding carboxylic acids is 2. The SMILES string of the molecule is O=C(Nc1ccc(Cl)cc1N1CCN(CCC(F)(F)F)CC1)c1ccc(CNC(=O)[C@@H]2CN(CCO)CCO2)c(F)c1F. The van der Waals surface area contributed by atoms with Crippen LogP contribution in [0.5, 0.6) is 0 Å². The molecule has 0 bridgehead atoms. The van der Waals surface area contributed by atoms with E-state index in [2.05, 4.69) is 10.6 Å². The fourth-order valence-corrected chi connectivity index (χ4v) is 5.13. The van der Waals surface area contributed by atoms with Gasteiger partial charge in [-0.15, -0.1) is 0 Å². The van der Waals surface area contributed by atoms with Gasteiger partial charge in [0.05, 0.1) is 36.6 Å². The third kappa shape index (κ3) is 8.99. The van der Waals surface area contributed by atoms with Crippen molar-refractivity contribution in [3.05, 3.63) is 58.1 Å². The van der Waals surface area contributed by atoms with Crippen LogP contribution < -0.4 is 15.5 Å². The quantitative estimate of drug-likeness (QED) is 0.346. The summed E-state index contributed by atoms with van der Waals surface area (Å²) in [6.45, 7) is 2.45. The Morgan fingerprint density at radius 2 is 1.74 bits per heavy atom. The fourth-order valence-electron chi connectivity index (χ4n) is 4.96. The van der Waals surface area contributed by atoms with Gasteiger partial charge in [0, 0.05) is 69.5 Å². The number of hydrogen-bond donors (Lipinski definition) is 3. The van der Waals surface area contributed by atoms with Crippen LogP contribution in [0.1, 0.15) is 22.3 Å². The number of alkyl halides is 3. The molecule has 9 nitrogen and oxygen atoms in total. The lowest BCUT2D eigenvalue weighted by Gasteiger charge is -2.37. The van der Waals surface area contributed by atoms with Crippen molar-refractivity contribution in [1.29, 1.82) is 0 Å². The minimum atomic E-state index is -4.24. The Morgan fingerprint density at radius 1 is 1.00 bits per heavy atom. The maximum atomic E-state index is 15.0. The lowest BCUT2D eigenvalue weighted by Crippen LogP contribution is -2.50. The first-order valence-electron chi connectivity index (χ1n) is 13.8. The molecule has 0 saturated carbocycles. The van der Waals surface area contributed by atoms with Crippen LogP contribution >= 0.6 is 11.6 Å². The highest BCUT2D eigenvalue weighted by molar-refractivity contribution is 6.31. The molecule has 236 valence electrons. The van der Waals surface area contributed by atoms with Gasteiger partial charge in [0.25, 0.3) is 11.8 Å². The lowest BCUT2D eigenvalue weighted by molar-refractivity contribution is -0.139. The number of ether oxygens (including phenoxy) is 1. The van der Waals surface area contributed by atoms with Crippen LogP contribution in [0.15, 0.2) is 30.3 Å². The number of β-amino-alcohol motifs (C(OH)–C–C–N with tert-alkyl or cyclic N) is 1. The van der Waals surface area contributed by atoms with Gasteiger partial charge in [0.15, 0.2) is 11.6 Å². The van der Waals surface area contributed by atoms with Crippen LogP contribution in [-0.4, -0.2) is 105 Å². The summed E-state index contributed by atoms with van der Waals surface area (Å²) in [6.07, 6.45) is -5.97. The van der Waals surface area contributed by atoms with E-state index in [4.69, 9.17) is 21.4 Å². The summed E-state index contributed by atoms with van der Waals surface area (Å²) in [5.74, 6) is -4.11. The number of carbonyl (C=O) groups is 2. The van der Waals surface area contributed by atoms with Crippen LogP contribution in [0.3, 0.4) is 0 Å². The first kappa shape index (κ1) is 32.9. The Bertz CT molecular complexity index is 1290. The number of morpholine rings is 1. The van der Waals surface area contributed by atoms with Gasteiger partial charge in [0.2, 0.25) is 0 Å². The number of halogens is 6. The van der Waals surface area contributed by atoms with E-state index in [9.17, 15) is 27.2 Å². The molecule has 2 amide bonds. The number of anilines is 2. The minimum Gasteiger partial charge on any atom is -0.395 e. The minimum absolute atomic E-state index is 0.0660. The first-order chi connectivity index (χ1) is 20.4. The summed E-state index contributed by atoms with van der Waals surface area (Å²) in [5.41, 5.74) is 0.0535. The van der Waals surface area contributed by atoms with E-state index in [0.29, 0.717) is 56.6 Å². The molecule has 2 aliphatic rings. The summed E-state index contributed by atoms with van der Waals surface area (Å²) >= 11 is 6.17. The van der Waals surface area contributed by atoms with Crippen molar-refractivity contribution in [3.63, 3.8) is 0 Å². The number of hydrogen-bond acceptors (Lipinski definition) is 7. The van der Waals surface area contributed by atoms with Gasteiger partial charge >= 0.3 is 6.18 Å². The third-order valence-corrected chi connectivity index (χ3v) is 7.59. The molecule has 3 N–H and O–H groups in total. The molecule has 2 fully saturated rings. The Morgan fingerprint density at radius 3 is 2.44 bits per heavy atom. The molecule has 2 aliphatic heterocycles. The normalized spacial score (nSPS) is 18.5. The van der Waals surface area contributed by atoms with E-state index in [-0.39, 0.29) is 37.5 Å². The summed E-state index contributed by atoms with van der Waals surface area (Å²) in [4.78, 5) is 30.9. The number of rotatable bonds is 10. The average molecular weight is 634 g/mol. The smallest absolute Gasteiger partial charge is 0.390 e. The zero-order valence-corrected chi connectivity index (χ0v) is 24.0. The second kappa shape index (κ2) is 14.6. The Balaban J connectivity index is 1.38. The van der Waals surface area contributed by atoms with Crippen LogP contribution in [0.2, 0.25) is 5.02 Å². The van der Waals surface area contributed by atoms with Gasteiger partial charge < -0.3 is 25.4 Å². The van der Waals surface area contributed by atoms with E-state index in [1.165, 1.54) is 18.2 Å². The molecule has 0 spiro atoms. The van der Waals surface area contributed by atoms with E-state index >= 15 is 4.39 Å². The molecule has 0 radical (unpaired) electrons. The predicted molar refractivity (Wildman–Crippen MR) is 150 cm³/mol. The number of piperazine rings is 1. The molecule has 1 atom stereocenters. The zero-order chi connectivity index (χ0) is 31.1. The highest BCUT2D eigenvalue weighted by atomic mass is 35.5. The van der Waals surface area contributed by atoms with Crippen molar-refractivity contribution in [2.75, 3.05) is 75.8 Å². The maximum Gasteiger partial charge on any atom is 0.390 e. The van der Waals surface area contributed by atoms with E-state index < -0.39 is 47.7 Å². The van der Waals surface area contributed by atoms with Gasteiger partial charge in [-0.3, -0.25) is 19.4 Å². The van der Waals surface area contributed by atoms with Gasteiger partial charge in [-0.25, -0.2) is 8.78 Å². The summed E-state index contributed by atoms with van der Waals surface area (Å²) < 4.78 is 73.2. The highest BCUT2D eigenvalue weighted by Crippen LogP contribution is 2.31. The number of nitrogens with one attached hydrogen (secondary N) is 2. The van der Waals surface area contributed by atoms with E-state index in [1.54, 1.807) is 11.0 Å². The van der Waals surface area contributed by atoms with E-state index in [1.807, 2.05) is 9.80 Å². The van der Waals surface area contributed by atoms with Crippen molar-refractivity contribution in [1.82, 2.24) is 15.1 Å². The van der Waals surface area contributed by atoms with Crippen molar-refractivity contribution in [2.45, 2.75) is 25.2 Å². The fraction of sp³-hybridized carbons (Fsp3) is 0.500. The van der Waals surface area contributed by atoms with Crippen LogP contribution in [0.4, 0.5) is 33.3 Å². The molecule has 2 saturated heterocycles. The second-order valence-corrected chi connectivity index (χ2v) is 10.7. The van der Waals surface area contributed by atoms with Gasteiger partial charge in [-0.1, -0.05) is 17.7 Å². The Hall–Kier alpha value is -3.04. The molecular weight excluding hydrogens is 601 g/mol. The number of nitrogens with zero attached hydrogens (tertiary/aromatic N) is 3. The van der Waals surface area contributed by atoms with E-state index in [0.717, 1.165) is 6.07 Å². The topological polar surface area (TPSA) is 97.4 Å². The first-order valence-corrected chi connectivity index (χ1v) is 14.2. The van der Waals surface area contributed by atoms with Gasteiger partial charge in [0.1, 0.15) is 6.10 Å². The van der Waals surface area contributed by atoms with Crippen LogP contribution in [0, 0.1) is 11.6 Å². The Labute approximate surface area is 250 Å². The van der Waals surface area contributed by atoms with Crippen LogP contribution in [-0.2, 0) is 16.1 Å². The van der Waals surface area contributed by atoms with Crippen molar-refractivity contribution in [3.8, 4) is 0 Å². The molecule has 0 unspecified atom stereocenters. The van der Waals surface area contributed by atoms with Crippen LogP contribution in [0.25, 0.3) is 0 Å². The second-order valence-electron chi connectivity index (χ2n) is 10.3. The predicted octanol–water partition coefficient (Wildman–Crippen LogP) is 3.25. The van der Waals surface area contributed by atoms with Gasteiger partial charge in [-0.05, 0) is 24.3 Å². The number of aliphatic hydroxyl groups is 1. The number of amides is 2. The molecule has 0 aliphatic carbocycles. The molecule has 0 aromatic heterocycles. The lowest BCUT2D eigenvalue weighted by atomic mass is 10.1. The Kier molecular flexibility index (Phi) is 11.2. The summed E-state index contributed by atoms with van der Waals surface area (Å²) in [7, 11) is 0. The molecule has 2 heterocycles. The molecule has 4 rings (SSSR count). The molecule has 15 heteroatoms. The van der Waals surface area contributed by atoms with Gasteiger partial charge in [-0.2, -0.15) is 13.2 Å². The van der Waals surface area contributed by atoms with Crippen molar-refractivity contribution >= 4 is 34.8 Å². The molecule has 43 heavy (non-hydrogen) atoms. The third-order valence-electron chi connectivity index (χ3n) is 7.35. The largest absolute Gasteiger partial charge is 0.395 e. The summed E-state index contributed by atoms with van der Waals surface area (Å²) in [5, 5.41) is 14.6. The monoisotopic (exact) mass is 633 g/mol. The zero-order valence-electron chi connectivity index (χ0n) is 23.2. The number of benzene rings is 2. The standard InChI is InChI=1S/C28H33ClF5N5O4/c29-19-2-4-21(22(15-19)39-9-7-37(8-10-39)6-5-28(32,33)34)36-26(41)20-3-1-18(24(30)25(20)31)16-35-27(42)23-17-38(11-13-40)12-14-43-23/h1-4,15,23,40H,5-14,16-17H2,(H,35,42)(H,36,41)/t23-/m0/s1. The van der Waals surface area contributed by atoms with Crippen molar-refractivity contribution in [2.24, 2.45) is 0 Å². The average Bonchev–Trinajstić information content (AvgIpc) is 2.98. The molecular formula is C28H33ClF5N5O4. The summed E-state index contributed by atoms with van der Waals surface area (Å²) in [6, 6.07) is 6.94.